The molecule has 8 heteroatoms. The summed E-state index contributed by atoms with van der Waals surface area (Å²) in [4.78, 5) is 14.6. The van der Waals surface area contributed by atoms with Crippen molar-refractivity contribution < 1.29 is 13.2 Å². The molecule has 0 radical (unpaired) electrons. The number of carbonyl (C=O) groups is 1. The van der Waals surface area contributed by atoms with E-state index in [1.165, 1.54) is 12.1 Å². The van der Waals surface area contributed by atoms with Crippen molar-refractivity contribution in [1.29, 1.82) is 0 Å². The number of nitrogens with one attached hydrogen (secondary N) is 1. The van der Waals surface area contributed by atoms with Crippen molar-refractivity contribution >= 4 is 28.3 Å². The molecule has 28 heavy (non-hydrogen) atoms. The molecule has 3 atom stereocenters. The molecule has 1 aliphatic rings. The first kappa shape index (κ1) is 22.4. The first-order chi connectivity index (χ1) is 12.8. The first-order valence-corrected chi connectivity index (χ1v) is 10.4. The number of aryl methyl sites for hydroxylation is 1. The fourth-order valence-electron chi connectivity index (χ4n) is 3.40. The topological polar surface area (TPSA) is 92.5 Å². The molecule has 1 aliphatic heterocycles. The van der Waals surface area contributed by atoms with Crippen LogP contribution in [-0.2, 0) is 14.8 Å². The van der Waals surface area contributed by atoms with E-state index < -0.39 is 16.1 Å². The van der Waals surface area contributed by atoms with Crippen molar-refractivity contribution in [2.75, 3.05) is 13.1 Å². The highest BCUT2D eigenvalue weighted by Gasteiger charge is 2.36. The van der Waals surface area contributed by atoms with Gasteiger partial charge in [-0.2, -0.15) is 4.72 Å². The molecule has 3 rings (SSSR count). The van der Waals surface area contributed by atoms with Gasteiger partial charge in [-0.3, -0.25) is 4.79 Å². The Bertz CT molecular complexity index is 904. The van der Waals surface area contributed by atoms with Gasteiger partial charge < -0.3 is 10.6 Å². The van der Waals surface area contributed by atoms with Gasteiger partial charge in [0.2, 0.25) is 15.9 Å². The van der Waals surface area contributed by atoms with Crippen LogP contribution in [0, 0.1) is 6.92 Å². The van der Waals surface area contributed by atoms with Crippen molar-refractivity contribution in [2.45, 2.75) is 36.7 Å². The molecule has 0 aliphatic carbocycles. The van der Waals surface area contributed by atoms with E-state index >= 15 is 0 Å². The molecule has 0 bridgehead atoms. The third-order valence-corrected chi connectivity index (χ3v) is 6.49. The fourth-order valence-corrected chi connectivity index (χ4v) is 4.60. The first-order valence-electron chi connectivity index (χ1n) is 8.96. The van der Waals surface area contributed by atoms with Gasteiger partial charge in [0.05, 0.1) is 10.9 Å². The maximum atomic E-state index is 12.8. The van der Waals surface area contributed by atoms with Gasteiger partial charge in [-0.1, -0.05) is 48.0 Å². The van der Waals surface area contributed by atoms with Crippen LogP contribution in [0.1, 0.15) is 24.0 Å². The quantitative estimate of drug-likeness (QED) is 0.769. The second-order valence-corrected chi connectivity index (χ2v) is 8.79. The second kappa shape index (κ2) is 9.05. The number of sulfonamides is 1. The summed E-state index contributed by atoms with van der Waals surface area (Å²) < 4.78 is 27.5. The Morgan fingerprint density at radius 3 is 2.32 bits per heavy atom. The van der Waals surface area contributed by atoms with E-state index in [4.69, 9.17) is 5.73 Å². The molecule has 6 nitrogen and oxygen atoms in total. The Labute approximate surface area is 172 Å². The average molecular weight is 424 g/mol. The summed E-state index contributed by atoms with van der Waals surface area (Å²) >= 11 is 0. The zero-order valence-corrected chi connectivity index (χ0v) is 17.5. The third kappa shape index (κ3) is 4.91. The predicted molar refractivity (Wildman–Crippen MR) is 112 cm³/mol. The highest BCUT2D eigenvalue weighted by molar-refractivity contribution is 7.89. The number of hydrogen-bond donors (Lipinski definition) is 2. The van der Waals surface area contributed by atoms with Gasteiger partial charge in [0, 0.05) is 25.0 Å². The van der Waals surface area contributed by atoms with Gasteiger partial charge in [-0.05, 0) is 31.5 Å². The SMILES string of the molecule is Cc1ccc(S(=O)(=O)NC(C)C(=O)N2C[C@@H](N)[C@H](c3ccccc3)C2)cc1.Cl. The number of nitrogens with zero attached hydrogens (tertiary/aromatic N) is 1. The van der Waals surface area contributed by atoms with E-state index in [2.05, 4.69) is 4.72 Å². The Hall–Kier alpha value is -1.93. The summed E-state index contributed by atoms with van der Waals surface area (Å²) in [7, 11) is -3.76. The Kier molecular flexibility index (Phi) is 7.22. The summed E-state index contributed by atoms with van der Waals surface area (Å²) in [6, 6.07) is 15.3. The number of nitrogens with two attached hydrogens (primary N) is 1. The molecule has 3 N–H and O–H groups in total. The van der Waals surface area contributed by atoms with E-state index in [0.717, 1.165) is 11.1 Å². The van der Waals surface area contributed by atoms with Crippen LogP contribution >= 0.6 is 12.4 Å². The van der Waals surface area contributed by atoms with Crippen molar-refractivity contribution in [3.8, 4) is 0 Å². The minimum atomic E-state index is -3.76. The maximum absolute atomic E-state index is 12.8. The van der Waals surface area contributed by atoms with Crippen LogP contribution in [-0.4, -0.2) is 44.4 Å². The van der Waals surface area contributed by atoms with Crippen molar-refractivity contribution in [2.24, 2.45) is 5.73 Å². The lowest BCUT2D eigenvalue weighted by Gasteiger charge is -2.21. The normalized spacial score (nSPS) is 20.5. The van der Waals surface area contributed by atoms with Crippen molar-refractivity contribution in [3.05, 3.63) is 65.7 Å². The second-order valence-electron chi connectivity index (χ2n) is 7.08. The zero-order chi connectivity index (χ0) is 19.6. The van der Waals surface area contributed by atoms with Crippen molar-refractivity contribution in [1.82, 2.24) is 9.62 Å². The smallest absolute Gasteiger partial charge is 0.241 e. The van der Waals surface area contributed by atoms with Crippen molar-refractivity contribution in [3.63, 3.8) is 0 Å². The lowest BCUT2D eigenvalue weighted by Crippen LogP contribution is -2.46. The molecular formula is C20H26ClN3O3S. The lowest BCUT2D eigenvalue weighted by molar-refractivity contribution is -0.131. The molecule has 0 saturated carbocycles. The average Bonchev–Trinajstić information content (AvgIpc) is 3.03. The van der Waals surface area contributed by atoms with Crippen LogP contribution in [0.3, 0.4) is 0 Å². The highest BCUT2D eigenvalue weighted by Crippen LogP contribution is 2.26. The summed E-state index contributed by atoms with van der Waals surface area (Å²) in [5.41, 5.74) is 8.30. The number of carbonyl (C=O) groups excluding carboxylic acids is 1. The molecule has 1 heterocycles. The van der Waals surface area contributed by atoms with Crippen LogP contribution < -0.4 is 10.5 Å². The van der Waals surface area contributed by atoms with Crippen LogP contribution in [0.15, 0.2) is 59.5 Å². The van der Waals surface area contributed by atoms with E-state index in [9.17, 15) is 13.2 Å². The van der Waals surface area contributed by atoms with Crippen LogP contribution in [0.5, 0.6) is 0 Å². The number of halogens is 1. The van der Waals surface area contributed by atoms with Gasteiger partial charge in [-0.25, -0.2) is 8.42 Å². The summed E-state index contributed by atoms with van der Waals surface area (Å²) in [6.45, 7) is 4.35. The Balaban J connectivity index is 0.00000280. The molecule has 1 fully saturated rings. The highest BCUT2D eigenvalue weighted by atomic mass is 35.5. The molecule has 1 amide bonds. The third-order valence-electron chi connectivity index (χ3n) is 4.94. The minimum Gasteiger partial charge on any atom is -0.339 e. The molecule has 0 aromatic heterocycles. The largest absolute Gasteiger partial charge is 0.339 e. The Morgan fingerprint density at radius 1 is 1.11 bits per heavy atom. The molecular weight excluding hydrogens is 398 g/mol. The number of benzene rings is 2. The summed E-state index contributed by atoms with van der Waals surface area (Å²) in [6.07, 6.45) is 0. The molecule has 152 valence electrons. The van der Waals surface area contributed by atoms with Gasteiger partial charge in [-0.15, -0.1) is 12.4 Å². The number of likely N-dealkylation sites (tertiary alicyclic amines) is 1. The van der Waals surface area contributed by atoms with Crippen LogP contribution in [0.2, 0.25) is 0 Å². The zero-order valence-electron chi connectivity index (χ0n) is 15.9. The monoisotopic (exact) mass is 423 g/mol. The van der Waals surface area contributed by atoms with Gasteiger partial charge >= 0.3 is 0 Å². The van der Waals surface area contributed by atoms with Crippen LogP contribution in [0.25, 0.3) is 0 Å². The number of amides is 1. The van der Waals surface area contributed by atoms with Gasteiger partial charge in [0.1, 0.15) is 0 Å². The van der Waals surface area contributed by atoms with Gasteiger partial charge in [0.25, 0.3) is 0 Å². The Morgan fingerprint density at radius 2 is 1.71 bits per heavy atom. The maximum Gasteiger partial charge on any atom is 0.241 e. The molecule has 1 unspecified atom stereocenters. The summed E-state index contributed by atoms with van der Waals surface area (Å²) in [5.74, 6) is -0.212. The molecule has 0 spiro atoms. The van der Waals surface area contributed by atoms with E-state index in [1.807, 2.05) is 37.3 Å². The fraction of sp³-hybridized carbons (Fsp3) is 0.350. The lowest BCUT2D eigenvalue weighted by atomic mass is 9.95. The van der Waals surface area contributed by atoms with E-state index in [1.54, 1.807) is 24.0 Å². The number of rotatable bonds is 5. The van der Waals surface area contributed by atoms with E-state index in [-0.39, 0.29) is 35.2 Å². The molecule has 2 aromatic rings. The van der Waals surface area contributed by atoms with Gasteiger partial charge in [0.15, 0.2) is 0 Å². The standard InChI is InChI=1S/C20H25N3O3S.ClH/c1-14-8-10-17(11-9-14)27(25,26)22-15(2)20(24)23-12-18(19(21)13-23)16-6-4-3-5-7-16;/h3-11,15,18-19,22H,12-13,21H2,1-2H3;1H/t15?,18-,19+;/m0./s1. The number of hydrogen-bond acceptors (Lipinski definition) is 4. The van der Waals surface area contributed by atoms with E-state index in [0.29, 0.717) is 13.1 Å². The molecule has 1 saturated heterocycles. The van der Waals surface area contributed by atoms with Crippen LogP contribution in [0.4, 0.5) is 0 Å². The predicted octanol–water partition coefficient (Wildman–Crippen LogP) is 2.04. The molecule has 2 aromatic carbocycles. The summed E-state index contributed by atoms with van der Waals surface area (Å²) in [5, 5.41) is 0. The minimum absolute atomic E-state index is 0.